The van der Waals surface area contributed by atoms with Gasteiger partial charge in [-0.1, -0.05) is 12.1 Å². The lowest BCUT2D eigenvalue weighted by atomic mass is 9.93. The number of rotatable bonds is 4. The summed E-state index contributed by atoms with van der Waals surface area (Å²) in [6.07, 6.45) is 4.75. The summed E-state index contributed by atoms with van der Waals surface area (Å²) in [6, 6.07) is 6.61. The molecule has 1 aliphatic rings. The summed E-state index contributed by atoms with van der Waals surface area (Å²) in [4.78, 5) is 37.0. The highest BCUT2D eigenvalue weighted by Gasteiger charge is 2.24. The van der Waals surface area contributed by atoms with Gasteiger partial charge < -0.3 is 5.32 Å². The number of hydrogen-bond acceptors (Lipinski definition) is 4. The second-order valence-electron chi connectivity index (χ2n) is 6.88. The predicted octanol–water partition coefficient (Wildman–Crippen LogP) is 1.01. The molecule has 4 rings (SSSR count). The van der Waals surface area contributed by atoms with Crippen molar-refractivity contribution in [1.29, 1.82) is 0 Å². The number of H-pyrrole nitrogens is 1. The molecule has 2 N–H and O–H groups in total. The average molecular weight is 367 g/mol. The van der Waals surface area contributed by atoms with Gasteiger partial charge in [0.15, 0.2) is 0 Å². The van der Waals surface area contributed by atoms with E-state index in [2.05, 4.69) is 15.5 Å². The first-order valence-electron chi connectivity index (χ1n) is 9.06. The molecule has 0 fully saturated rings. The third-order valence-corrected chi connectivity index (χ3v) is 5.16. The van der Waals surface area contributed by atoms with Crippen LogP contribution in [-0.2, 0) is 24.8 Å². The Morgan fingerprint density at radius 1 is 1.30 bits per heavy atom. The largest absolute Gasteiger partial charge is 0.349 e. The Bertz CT molecular complexity index is 1120. The minimum absolute atomic E-state index is 0.0534. The van der Waals surface area contributed by atoms with Gasteiger partial charge in [0, 0.05) is 24.7 Å². The molecule has 1 amide bonds. The standard InChI is InChI=1S/C19H21N5O3/c1-23-16-8-4-7-15(14(16)11-20-23)21-17(25)9-10-24-19(27)13-6-3-2-5-12(13)18(26)22-24/h2-3,5-6,11,15H,4,7-10H2,1H3,(H,21,25)(H,22,26). The molecule has 2 aromatic heterocycles. The summed E-state index contributed by atoms with van der Waals surface area (Å²) in [7, 11) is 1.91. The maximum absolute atomic E-state index is 12.5. The summed E-state index contributed by atoms with van der Waals surface area (Å²) in [5.41, 5.74) is 1.58. The first-order valence-corrected chi connectivity index (χ1v) is 9.06. The molecule has 0 saturated carbocycles. The van der Waals surface area contributed by atoms with E-state index in [1.807, 2.05) is 17.9 Å². The minimum atomic E-state index is -0.335. The number of aryl methyl sites for hydroxylation is 2. The van der Waals surface area contributed by atoms with Crippen LogP contribution in [0.15, 0.2) is 40.1 Å². The molecule has 2 heterocycles. The number of nitrogens with one attached hydrogen (secondary N) is 2. The van der Waals surface area contributed by atoms with Crippen LogP contribution in [0, 0.1) is 0 Å². The highest BCUT2D eigenvalue weighted by atomic mass is 16.2. The van der Waals surface area contributed by atoms with Crippen LogP contribution in [0.25, 0.3) is 10.8 Å². The van der Waals surface area contributed by atoms with Crippen molar-refractivity contribution < 1.29 is 4.79 Å². The molecule has 1 aromatic carbocycles. The molecule has 0 aliphatic heterocycles. The lowest BCUT2D eigenvalue weighted by molar-refractivity contribution is -0.122. The summed E-state index contributed by atoms with van der Waals surface area (Å²) in [5, 5.41) is 10.6. The van der Waals surface area contributed by atoms with Crippen LogP contribution in [-0.4, -0.2) is 25.5 Å². The third-order valence-electron chi connectivity index (χ3n) is 5.16. The van der Waals surface area contributed by atoms with E-state index in [-0.39, 0.29) is 36.0 Å². The summed E-state index contributed by atoms with van der Waals surface area (Å²) >= 11 is 0. The Hall–Kier alpha value is -3.16. The maximum atomic E-state index is 12.5. The predicted molar refractivity (Wildman–Crippen MR) is 100 cm³/mol. The summed E-state index contributed by atoms with van der Waals surface area (Å²) < 4.78 is 3.06. The highest BCUT2D eigenvalue weighted by Crippen LogP contribution is 2.29. The first kappa shape index (κ1) is 17.3. The topological polar surface area (TPSA) is 102 Å². The SMILES string of the molecule is Cn1ncc2c1CCCC2NC(=O)CCn1[nH]c(=O)c2ccccc2c1=O. The summed E-state index contributed by atoms with van der Waals surface area (Å²) in [6.45, 7) is 0.122. The molecular weight excluding hydrogens is 346 g/mol. The van der Waals surface area contributed by atoms with Gasteiger partial charge in [0.1, 0.15) is 0 Å². The van der Waals surface area contributed by atoms with Crippen molar-refractivity contribution in [3.05, 3.63) is 62.4 Å². The fourth-order valence-electron chi connectivity index (χ4n) is 3.74. The zero-order valence-corrected chi connectivity index (χ0v) is 15.1. The number of carbonyl (C=O) groups is 1. The van der Waals surface area contributed by atoms with Crippen molar-refractivity contribution in [1.82, 2.24) is 24.9 Å². The number of amides is 1. The molecule has 0 radical (unpaired) electrons. The lowest BCUT2D eigenvalue weighted by Crippen LogP contribution is -2.34. The van der Waals surface area contributed by atoms with Crippen LogP contribution < -0.4 is 16.4 Å². The monoisotopic (exact) mass is 367 g/mol. The van der Waals surface area contributed by atoms with E-state index in [1.54, 1.807) is 24.3 Å². The zero-order chi connectivity index (χ0) is 19.0. The third kappa shape index (κ3) is 3.18. The van der Waals surface area contributed by atoms with Crippen LogP contribution in [0.1, 0.15) is 36.6 Å². The molecule has 1 atom stereocenters. The van der Waals surface area contributed by atoms with Crippen LogP contribution in [0.4, 0.5) is 0 Å². The van der Waals surface area contributed by atoms with E-state index < -0.39 is 0 Å². The number of benzene rings is 1. The molecule has 8 heteroatoms. The number of carbonyl (C=O) groups excluding carboxylic acids is 1. The van der Waals surface area contributed by atoms with Crippen LogP contribution in [0.5, 0.6) is 0 Å². The minimum Gasteiger partial charge on any atom is -0.349 e. The quantitative estimate of drug-likeness (QED) is 0.718. The Labute approximate surface area is 154 Å². The number of nitrogens with zero attached hydrogens (tertiary/aromatic N) is 3. The van der Waals surface area contributed by atoms with Gasteiger partial charge in [0.05, 0.1) is 29.6 Å². The van der Waals surface area contributed by atoms with Gasteiger partial charge in [-0.05, 0) is 31.4 Å². The van der Waals surface area contributed by atoms with Gasteiger partial charge in [-0.15, -0.1) is 0 Å². The normalized spacial score (nSPS) is 16.3. The Morgan fingerprint density at radius 3 is 2.89 bits per heavy atom. The molecule has 1 unspecified atom stereocenters. The second kappa shape index (κ2) is 6.86. The highest BCUT2D eigenvalue weighted by molar-refractivity contribution is 5.80. The van der Waals surface area contributed by atoms with Gasteiger partial charge in [-0.25, -0.2) is 4.68 Å². The number of aromatic amines is 1. The van der Waals surface area contributed by atoms with Crippen molar-refractivity contribution >= 4 is 16.7 Å². The van der Waals surface area contributed by atoms with Gasteiger partial charge in [-0.3, -0.25) is 24.2 Å². The van der Waals surface area contributed by atoms with Gasteiger partial charge in [0.2, 0.25) is 5.91 Å². The van der Waals surface area contributed by atoms with E-state index in [0.29, 0.717) is 10.8 Å². The van der Waals surface area contributed by atoms with Crippen LogP contribution >= 0.6 is 0 Å². The van der Waals surface area contributed by atoms with E-state index in [0.717, 1.165) is 30.5 Å². The molecule has 8 nitrogen and oxygen atoms in total. The molecular formula is C19H21N5O3. The van der Waals surface area contributed by atoms with E-state index in [9.17, 15) is 14.4 Å². The van der Waals surface area contributed by atoms with Crippen LogP contribution in [0.3, 0.4) is 0 Å². The van der Waals surface area contributed by atoms with Crippen molar-refractivity contribution in [3.8, 4) is 0 Å². The molecule has 0 saturated heterocycles. The zero-order valence-electron chi connectivity index (χ0n) is 15.1. The molecule has 1 aliphatic carbocycles. The molecule has 0 spiro atoms. The van der Waals surface area contributed by atoms with Crippen LogP contribution in [0.2, 0.25) is 0 Å². The molecule has 3 aromatic rings. The molecule has 0 bridgehead atoms. The molecule has 27 heavy (non-hydrogen) atoms. The number of hydrogen-bond donors (Lipinski definition) is 2. The van der Waals surface area contributed by atoms with Crippen molar-refractivity contribution in [2.75, 3.05) is 0 Å². The maximum Gasteiger partial charge on any atom is 0.273 e. The number of fused-ring (bicyclic) bond motifs is 2. The fraction of sp³-hybridized carbons (Fsp3) is 0.368. The van der Waals surface area contributed by atoms with E-state index >= 15 is 0 Å². The van der Waals surface area contributed by atoms with Gasteiger partial charge >= 0.3 is 0 Å². The summed E-state index contributed by atoms with van der Waals surface area (Å²) in [5.74, 6) is -0.155. The average Bonchev–Trinajstić information content (AvgIpc) is 3.06. The van der Waals surface area contributed by atoms with Gasteiger partial charge in [0.25, 0.3) is 11.1 Å². The first-order chi connectivity index (χ1) is 13.0. The van der Waals surface area contributed by atoms with Crippen molar-refractivity contribution in [3.63, 3.8) is 0 Å². The Morgan fingerprint density at radius 2 is 2.07 bits per heavy atom. The Kier molecular flexibility index (Phi) is 4.39. The Balaban J connectivity index is 1.48. The molecule has 140 valence electrons. The van der Waals surface area contributed by atoms with Gasteiger partial charge in [-0.2, -0.15) is 5.10 Å². The van der Waals surface area contributed by atoms with Crippen molar-refractivity contribution in [2.45, 2.75) is 38.3 Å². The van der Waals surface area contributed by atoms with E-state index in [4.69, 9.17) is 0 Å². The van der Waals surface area contributed by atoms with Crippen molar-refractivity contribution in [2.24, 2.45) is 7.05 Å². The lowest BCUT2D eigenvalue weighted by Gasteiger charge is -2.23. The second-order valence-corrected chi connectivity index (χ2v) is 6.88. The number of aromatic nitrogens is 4. The smallest absolute Gasteiger partial charge is 0.273 e. The van der Waals surface area contributed by atoms with E-state index in [1.165, 1.54) is 4.68 Å². The fourth-order valence-corrected chi connectivity index (χ4v) is 3.74.